The fourth-order valence-electron chi connectivity index (χ4n) is 9.67. The predicted octanol–water partition coefficient (Wildman–Crippen LogP) is 14.9. The Morgan fingerprint density at radius 1 is 0.375 bits per heavy atom. The number of hydrogen-bond acceptors (Lipinski definition) is 3. The first kappa shape index (κ1) is 37.4. The van der Waals surface area contributed by atoms with E-state index in [2.05, 4.69) is 188 Å². The van der Waals surface area contributed by atoms with Crippen LogP contribution < -0.4 is 0 Å². The highest BCUT2D eigenvalue weighted by molar-refractivity contribution is 6.12. The molecule has 0 saturated carbocycles. The van der Waals surface area contributed by atoms with Gasteiger partial charge in [-0.05, 0) is 133 Å². The van der Waals surface area contributed by atoms with Crippen molar-refractivity contribution < 1.29 is 0 Å². The van der Waals surface area contributed by atoms with Gasteiger partial charge < -0.3 is 0 Å². The Hall–Kier alpha value is -8.39. The van der Waals surface area contributed by atoms with E-state index in [9.17, 15) is 0 Å². The van der Waals surface area contributed by atoms with Crippen LogP contribution in [-0.2, 0) is 5.41 Å². The van der Waals surface area contributed by atoms with E-state index in [0.717, 1.165) is 66.3 Å². The lowest BCUT2D eigenvalue weighted by Crippen LogP contribution is -2.15. The average molecular weight is 817 g/mol. The monoisotopic (exact) mass is 816 g/mol. The van der Waals surface area contributed by atoms with Gasteiger partial charge >= 0.3 is 0 Å². The minimum Gasteiger partial charge on any atom is -0.278 e. The zero-order chi connectivity index (χ0) is 42.8. The molecule has 0 spiro atoms. The van der Waals surface area contributed by atoms with Crippen LogP contribution in [0, 0.1) is 12.1 Å². The molecule has 0 N–H and O–H groups in total. The fourth-order valence-corrected chi connectivity index (χ4v) is 9.67. The Bertz CT molecular complexity index is 3440. The van der Waals surface area contributed by atoms with Crippen LogP contribution in [0.1, 0.15) is 25.0 Å². The largest absolute Gasteiger partial charge is 0.278 e. The Kier molecular flexibility index (Phi) is 8.71. The molecule has 11 aromatic rings. The summed E-state index contributed by atoms with van der Waals surface area (Å²) in [5.74, 6) is 1.84. The standard InChI is InChI=1S/C60H40N4/c1-60(2)53-29-16-15-28-49(53)50-37-52-51-36-45(43-26-17-27-44(32-43)48-34-46(39-18-7-3-8-19-39)33-47(35-48)40-20-9-4-10-21-40)30-31-55(51)64(56(52)38-54(50)60)59-62-57(41-22-11-5-12-23-41)61-58(63-59)42-24-13-6-14-25-42/h3,5-9,11-38H,1-2H3. The van der Waals surface area contributed by atoms with Gasteiger partial charge in [0.25, 0.3) is 0 Å². The van der Waals surface area contributed by atoms with Crippen molar-refractivity contribution in [2.75, 3.05) is 0 Å². The lowest BCUT2D eigenvalue weighted by Gasteiger charge is -2.21. The van der Waals surface area contributed by atoms with Gasteiger partial charge in [0.1, 0.15) is 0 Å². The predicted molar refractivity (Wildman–Crippen MR) is 262 cm³/mol. The van der Waals surface area contributed by atoms with E-state index in [4.69, 9.17) is 15.0 Å². The molecular formula is C60H40N4. The van der Waals surface area contributed by atoms with E-state index < -0.39 is 0 Å². The van der Waals surface area contributed by atoms with Crippen molar-refractivity contribution in [3.05, 3.63) is 230 Å². The maximum atomic E-state index is 5.26. The first-order valence-electron chi connectivity index (χ1n) is 21.8. The van der Waals surface area contributed by atoms with Crippen molar-refractivity contribution in [1.29, 1.82) is 0 Å². The molecule has 2 heterocycles. The summed E-state index contributed by atoms with van der Waals surface area (Å²) in [5.41, 5.74) is 18.1. The molecule has 0 saturated heterocycles. The zero-order valence-electron chi connectivity index (χ0n) is 35.4. The summed E-state index contributed by atoms with van der Waals surface area (Å²) in [6.45, 7) is 4.67. The van der Waals surface area contributed by atoms with Crippen molar-refractivity contribution >= 4 is 21.8 Å². The van der Waals surface area contributed by atoms with Crippen molar-refractivity contribution in [3.8, 4) is 84.4 Å². The lowest BCUT2D eigenvalue weighted by atomic mass is 9.82. The number of hydrogen-bond donors (Lipinski definition) is 0. The number of benzene rings is 8. The molecule has 0 fully saturated rings. The summed E-state index contributed by atoms with van der Waals surface area (Å²) < 4.78 is 2.25. The summed E-state index contributed by atoms with van der Waals surface area (Å²) in [7, 11) is 0. The minimum atomic E-state index is -0.189. The van der Waals surface area contributed by atoms with Crippen LogP contribution in [0.15, 0.2) is 206 Å². The Morgan fingerprint density at radius 2 is 0.922 bits per heavy atom. The molecule has 0 radical (unpaired) electrons. The van der Waals surface area contributed by atoms with Gasteiger partial charge in [0.2, 0.25) is 5.95 Å². The zero-order valence-corrected chi connectivity index (χ0v) is 35.4. The van der Waals surface area contributed by atoms with Crippen molar-refractivity contribution in [2.45, 2.75) is 19.3 Å². The SMILES string of the molecule is CC1(C)c2ccccc2-c2cc3c4cc(-c5cccc(-c6cc(-c7cc#ccc7)cc(-c7ccccc7)c6)c5)ccc4n(-c4nc(-c5ccccc5)nc(-c5ccccc5)n4)c3cc21. The maximum Gasteiger partial charge on any atom is 0.238 e. The Morgan fingerprint density at radius 3 is 1.59 bits per heavy atom. The highest BCUT2D eigenvalue weighted by atomic mass is 15.2. The van der Waals surface area contributed by atoms with Gasteiger partial charge in [0.15, 0.2) is 11.6 Å². The molecule has 0 unspecified atom stereocenters. The smallest absolute Gasteiger partial charge is 0.238 e. The quantitative estimate of drug-likeness (QED) is 0.161. The van der Waals surface area contributed by atoms with Gasteiger partial charge in [-0.2, -0.15) is 9.97 Å². The first-order valence-corrected chi connectivity index (χ1v) is 21.8. The van der Waals surface area contributed by atoms with Gasteiger partial charge in [-0.1, -0.05) is 166 Å². The molecule has 2 aromatic heterocycles. The number of rotatable bonds is 7. The molecule has 0 aliphatic heterocycles. The van der Waals surface area contributed by atoms with Crippen LogP contribution in [0.3, 0.4) is 0 Å². The highest BCUT2D eigenvalue weighted by Crippen LogP contribution is 2.51. The van der Waals surface area contributed by atoms with Crippen molar-refractivity contribution in [1.82, 2.24) is 19.5 Å². The van der Waals surface area contributed by atoms with Crippen molar-refractivity contribution in [3.63, 3.8) is 0 Å². The molecule has 4 nitrogen and oxygen atoms in total. The summed E-state index contributed by atoms with van der Waals surface area (Å²) in [6, 6.07) is 79.5. The summed E-state index contributed by atoms with van der Waals surface area (Å²) in [6.07, 6.45) is 0. The first-order chi connectivity index (χ1) is 31.5. The molecule has 300 valence electrons. The maximum absolute atomic E-state index is 5.26. The second-order valence-corrected chi connectivity index (χ2v) is 17.1. The van der Waals surface area contributed by atoms with Gasteiger partial charge in [-0.3, -0.25) is 4.57 Å². The van der Waals surface area contributed by atoms with E-state index in [0.29, 0.717) is 17.6 Å². The normalized spacial score (nSPS) is 12.5. The molecule has 1 aliphatic rings. The fraction of sp³-hybridized carbons (Fsp3) is 0.0500. The second-order valence-electron chi connectivity index (χ2n) is 17.1. The molecule has 1 aliphatic carbocycles. The number of fused-ring (bicyclic) bond motifs is 6. The number of aromatic nitrogens is 4. The Labute approximate surface area is 372 Å². The van der Waals surface area contributed by atoms with Gasteiger partial charge in [0.05, 0.1) is 11.0 Å². The van der Waals surface area contributed by atoms with Gasteiger partial charge in [-0.25, -0.2) is 4.98 Å². The summed E-state index contributed by atoms with van der Waals surface area (Å²) >= 11 is 0. The van der Waals surface area contributed by atoms with Crippen LogP contribution >= 0.6 is 0 Å². The van der Waals surface area contributed by atoms with Gasteiger partial charge in [0, 0.05) is 27.3 Å². The average Bonchev–Trinajstić information content (AvgIpc) is 3.81. The summed E-state index contributed by atoms with van der Waals surface area (Å²) in [5, 5.41) is 2.29. The van der Waals surface area contributed by atoms with Crippen LogP contribution in [0.5, 0.6) is 0 Å². The second kappa shape index (κ2) is 14.9. The molecule has 0 atom stereocenters. The molecule has 0 amide bonds. The van der Waals surface area contributed by atoms with E-state index in [1.54, 1.807) is 0 Å². The van der Waals surface area contributed by atoms with Crippen LogP contribution in [0.2, 0.25) is 0 Å². The topological polar surface area (TPSA) is 43.6 Å². The third kappa shape index (κ3) is 6.29. The van der Waals surface area contributed by atoms with E-state index in [1.165, 1.54) is 33.4 Å². The lowest BCUT2D eigenvalue weighted by molar-refractivity contribution is 0.661. The Balaban J connectivity index is 1.07. The highest BCUT2D eigenvalue weighted by Gasteiger charge is 2.36. The minimum absolute atomic E-state index is 0.189. The molecule has 9 aromatic carbocycles. The molecular weight excluding hydrogens is 777 g/mol. The molecule has 0 bridgehead atoms. The van der Waals surface area contributed by atoms with Crippen LogP contribution in [0.25, 0.3) is 106 Å². The summed E-state index contributed by atoms with van der Waals surface area (Å²) in [4.78, 5) is 15.6. The van der Waals surface area contributed by atoms with Crippen LogP contribution in [0.4, 0.5) is 0 Å². The third-order valence-electron chi connectivity index (χ3n) is 12.9. The number of nitrogens with zero attached hydrogens (tertiary/aromatic N) is 4. The van der Waals surface area contributed by atoms with Crippen molar-refractivity contribution in [2.24, 2.45) is 0 Å². The molecule has 4 heteroatoms. The molecule has 12 rings (SSSR count). The van der Waals surface area contributed by atoms with E-state index in [1.807, 2.05) is 48.5 Å². The van der Waals surface area contributed by atoms with E-state index in [-0.39, 0.29) is 5.41 Å². The van der Waals surface area contributed by atoms with Crippen LogP contribution in [-0.4, -0.2) is 19.5 Å². The molecule has 64 heavy (non-hydrogen) atoms. The third-order valence-corrected chi connectivity index (χ3v) is 12.9. The van der Waals surface area contributed by atoms with Gasteiger partial charge in [-0.15, -0.1) is 0 Å². The van der Waals surface area contributed by atoms with E-state index >= 15 is 0 Å².